The molecular weight excluding hydrogens is 679 g/mol. The topological polar surface area (TPSA) is 0 Å². The Labute approximate surface area is 305 Å². The number of fused-ring (bicyclic) bond motifs is 3. The molecule has 0 unspecified atom stereocenters. The van der Waals surface area contributed by atoms with E-state index in [9.17, 15) is 0 Å². The van der Waals surface area contributed by atoms with Gasteiger partial charge in [-0.25, -0.2) is 11.6 Å². The summed E-state index contributed by atoms with van der Waals surface area (Å²) >= 11 is 1.46. The molecule has 0 saturated carbocycles. The van der Waals surface area contributed by atoms with Crippen LogP contribution in [0.5, 0.6) is 0 Å². The summed E-state index contributed by atoms with van der Waals surface area (Å²) in [7, 11) is 0. The maximum atomic E-state index is 3.30. The van der Waals surface area contributed by atoms with Gasteiger partial charge in [0.15, 0.2) is 0 Å². The molecule has 0 heterocycles. The molecule has 5 aromatic carbocycles. The first-order chi connectivity index (χ1) is 21.0. The van der Waals surface area contributed by atoms with Crippen molar-refractivity contribution in [2.45, 2.75) is 85.0 Å². The fraction of sp³-hybridized carbons (Fsp3) is 0.302. The Bertz CT molecular complexity index is 1620. The third kappa shape index (κ3) is 11.1. The van der Waals surface area contributed by atoms with Crippen LogP contribution >= 0.6 is 24.8 Å². The van der Waals surface area contributed by atoms with Gasteiger partial charge in [-0.2, -0.15) is 6.08 Å². The van der Waals surface area contributed by atoms with E-state index in [4.69, 9.17) is 0 Å². The molecular formula is C43H50Cl2Zr. The van der Waals surface area contributed by atoms with E-state index in [0.29, 0.717) is 0 Å². The van der Waals surface area contributed by atoms with Gasteiger partial charge in [0.2, 0.25) is 0 Å². The Kier molecular flexibility index (Phi) is 15.7. The second-order valence-corrected chi connectivity index (χ2v) is 15.0. The summed E-state index contributed by atoms with van der Waals surface area (Å²) in [5.41, 5.74) is 7.29. The Morgan fingerprint density at radius 2 is 1.15 bits per heavy atom. The molecule has 0 N–H and O–H groups in total. The molecule has 3 heteroatoms. The van der Waals surface area contributed by atoms with Crippen LogP contribution in [0.15, 0.2) is 121 Å². The zero-order valence-electron chi connectivity index (χ0n) is 28.6. The van der Waals surface area contributed by atoms with Crippen LogP contribution in [0.3, 0.4) is 0 Å². The third-order valence-electron chi connectivity index (χ3n) is 8.13. The quantitative estimate of drug-likeness (QED) is 0.158. The number of rotatable bonds is 5. The van der Waals surface area contributed by atoms with Crippen LogP contribution in [-0.4, -0.2) is 3.21 Å². The molecule has 0 bridgehead atoms. The number of hydrogen-bond donors (Lipinski definition) is 0. The number of hydrogen-bond acceptors (Lipinski definition) is 0. The second kappa shape index (κ2) is 18.2. The van der Waals surface area contributed by atoms with Gasteiger partial charge in [-0.05, 0) is 10.8 Å². The predicted molar refractivity (Wildman–Crippen MR) is 205 cm³/mol. The molecule has 1 aliphatic rings. The van der Waals surface area contributed by atoms with Crippen LogP contribution in [0.2, 0.25) is 0 Å². The molecule has 0 spiro atoms. The Hall–Kier alpha value is -2.44. The minimum atomic E-state index is 0. The van der Waals surface area contributed by atoms with Crippen molar-refractivity contribution in [2.75, 3.05) is 0 Å². The Morgan fingerprint density at radius 3 is 1.52 bits per heavy atom. The molecule has 0 nitrogen and oxygen atoms in total. The van der Waals surface area contributed by atoms with E-state index in [2.05, 4.69) is 170 Å². The van der Waals surface area contributed by atoms with E-state index in [1.54, 1.807) is 0 Å². The minimum absolute atomic E-state index is 0. The van der Waals surface area contributed by atoms with Crippen molar-refractivity contribution in [3.8, 4) is 0 Å². The number of benzene rings is 4. The molecule has 46 heavy (non-hydrogen) atoms. The van der Waals surface area contributed by atoms with E-state index in [0.717, 1.165) is 6.42 Å². The van der Waals surface area contributed by atoms with Crippen molar-refractivity contribution < 1.29 is 24.2 Å². The van der Waals surface area contributed by atoms with Gasteiger partial charge >= 0.3 is 99.2 Å². The average Bonchev–Trinajstić information content (AvgIpc) is 3.67. The van der Waals surface area contributed by atoms with Gasteiger partial charge in [0.05, 0.1) is 0 Å². The molecule has 0 atom stereocenters. The van der Waals surface area contributed by atoms with E-state index < -0.39 is 0 Å². The van der Waals surface area contributed by atoms with Crippen molar-refractivity contribution in [3.63, 3.8) is 0 Å². The van der Waals surface area contributed by atoms with Crippen LogP contribution in [0.25, 0.3) is 21.5 Å². The second-order valence-electron chi connectivity index (χ2n) is 13.8. The third-order valence-corrected chi connectivity index (χ3v) is 9.55. The normalized spacial score (nSPS) is 12.2. The maximum absolute atomic E-state index is 3.30. The molecule has 0 amide bonds. The number of allylic oxidation sites excluding steroid dienone is 4. The van der Waals surface area contributed by atoms with E-state index in [-0.39, 0.29) is 35.6 Å². The van der Waals surface area contributed by atoms with Crippen LogP contribution in [-0.2, 0) is 35.1 Å². The van der Waals surface area contributed by atoms with Gasteiger partial charge in [-0.1, -0.05) is 103 Å². The molecule has 5 aromatic rings. The van der Waals surface area contributed by atoms with E-state index in [1.165, 1.54) is 96.1 Å². The first-order valence-corrected chi connectivity index (χ1v) is 17.3. The molecule has 0 radical (unpaired) electrons. The van der Waals surface area contributed by atoms with Gasteiger partial charge in [0.25, 0.3) is 0 Å². The number of halogens is 2. The fourth-order valence-electron chi connectivity index (χ4n) is 5.32. The molecule has 0 fully saturated rings. The van der Waals surface area contributed by atoms with Crippen LogP contribution < -0.4 is 0 Å². The summed E-state index contributed by atoms with van der Waals surface area (Å²) in [6.07, 6.45) is 12.5. The molecule has 0 aromatic heterocycles. The predicted octanol–water partition coefficient (Wildman–Crippen LogP) is 12.8. The van der Waals surface area contributed by atoms with Gasteiger partial charge in [-0.15, -0.1) is 71.0 Å². The SMILES string of the molecule is CC(C)(C)c1ccc2c(c1)[cH-]c1cc(C(C)(C)C)ccc12.CCCCC1=[C-]CC=C1.Cl.Cl.[Zr+2]=[C](c1ccccc1)c1ccccc1. The first-order valence-electron chi connectivity index (χ1n) is 16.1. The summed E-state index contributed by atoms with van der Waals surface area (Å²) in [6, 6.07) is 37.3. The van der Waals surface area contributed by atoms with Crippen LogP contribution in [0, 0.1) is 6.08 Å². The summed E-state index contributed by atoms with van der Waals surface area (Å²) in [5.74, 6) is 0. The zero-order valence-corrected chi connectivity index (χ0v) is 32.7. The van der Waals surface area contributed by atoms with Gasteiger partial charge in [0.1, 0.15) is 0 Å². The summed E-state index contributed by atoms with van der Waals surface area (Å²) in [6.45, 7) is 15.9. The fourth-order valence-corrected chi connectivity index (χ4v) is 6.14. The average molecular weight is 729 g/mol. The summed E-state index contributed by atoms with van der Waals surface area (Å²) in [4.78, 5) is 0. The van der Waals surface area contributed by atoms with E-state index in [1.807, 2.05) is 0 Å². The van der Waals surface area contributed by atoms with Crippen molar-refractivity contribution in [1.29, 1.82) is 0 Å². The molecule has 1 aliphatic carbocycles. The zero-order chi connectivity index (χ0) is 31.7. The van der Waals surface area contributed by atoms with Crippen LogP contribution in [0.1, 0.15) is 96.4 Å². The van der Waals surface area contributed by atoms with Crippen LogP contribution in [0.4, 0.5) is 0 Å². The molecule has 6 rings (SSSR count). The summed E-state index contributed by atoms with van der Waals surface area (Å²) < 4.78 is 1.42. The molecule has 0 aliphatic heterocycles. The number of unbranched alkanes of at least 4 members (excludes halogenated alkanes) is 1. The van der Waals surface area contributed by atoms with Crippen molar-refractivity contribution in [1.82, 2.24) is 0 Å². The van der Waals surface area contributed by atoms with Crippen molar-refractivity contribution in [2.24, 2.45) is 0 Å². The van der Waals surface area contributed by atoms with E-state index >= 15 is 0 Å². The Morgan fingerprint density at radius 1 is 0.696 bits per heavy atom. The van der Waals surface area contributed by atoms with Gasteiger partial charge < -0.3 is 0 Å². The van der Waals surface area contributed by atoms with Gasteiger partial charge in [-0.3, -0.25) is 6.08 Å². The summed E-state index contributed by atoms with van der Waals surface area (Å²) in [5, 5.41) is 5.48. The van der Waals surface area contributed by atoms with Crippen molar-refractivity contribution in [3.05, 3.63) is 149 Å². The first kappa shape index (κ1) is 39.7. The Balaban J connectivity index is 0.000000256. The van der Waals surface area contributed by atoms with Gasteiger partial charge in [0, 0.05) is 0 Å². The molecule has 0 saturated heterocycles. The van der Waals surface area contributed by atoms with Crippen molar-refractivity contribution >= 4 is 49.6 Å². The molecule has 240 valence electrons. The standard InChI is InChI=1S/C21H25.C13H10.C9H13.2ClH.Zr/c1-20(2,3)16-7-9-18-14(12-16)11-15-13-17(21(4,5)6)8-10-19(15)18;1-3-7-12(8-4-1)11-13-9-5-2-6-10-13;1-2-3-6-9-7-4-5-8-9;;;/h7-13H,1-6H3;1-10H;4,7H,2-3,5-6H2,1H3;2*1H;/q-1;;-1;;;+2. The monoisotopic (exact) mass is 726 g/mol.